The minimum absolute atomic E-state index is 0.0582. The molecular weight excluding hydrogens is 1640 g/mol. The molecule has 0 saturated heterocycles. The number of ether oxygens (including phenoxy) is 10. The van der Waals surface area contributed by atoms with Crippen LogP contribution in [0.5, 0.6) is 0 Å². The van der Waals surface area contributed by atoms with Crippen molar-refractivity contribution in [2.45, 2.75) is 565 Å². The molecule has 0 heterocycles. The van der Waals surface area contributed by atoms with E-state index in [0.29, 0.717) is 78.2 Å². The van der Waals surface area contributed by atoms with Gasteiger partial charge in [0.2, 0.25) is 20.4 Å². The number of aliphatic hydroxyl groups is 2. The van der Waals surface area contributed by atoms with Crippen molar-refractivity contribution in [2.75, 3.05) is 60.0 Å². The van der Waals surface area contributed by atoms with E-state index in [1.807, 2.05) is 0 Å². The number of hydrogen-bond donors (Lipinski definition) is 2. The van der Waals surface area contributed by atoms with E-state index in [2.05, 4.69) is 0 Å². The zero-order valence-corrected chi connectivity index (χ0v) is 82.6. The second-order valence-electron chi connectivity index (χ2n) is 36.9. The van der Waals surface area contributed by atoms with Gasteiger partial charge < -0.3 is 57.6 Å². The van der Waals surface area contributed by atoms with Crippen molar-refractivity contribution in [2.24, 2.45) is 0 Å². The summed E-state index contributed by atoms with van der Waals surface area (Å²) in [6, 6.07) is 0. The fraction of sp³-hybridized carbons (Fsp3) is 0.907. The molecular formula is C107H196O22. The van der Waals surface area contributed by atoms with Crippen LogP contribution in [0.1, 0.15) is 565 Å². The van der Waals surface area contributed by atoms with Crippen LogP contribution in [-0.4, -0.2) is 130 Å². The topological polar surface area (TPSA) is 303 Å². The average molecular weight is 1830 g/mol. The monoisotopic (exact) mass is 1830 g/mol. The van der Waals surface area contributed by atoms with Gasteiger partial charge in [-0.3, -0.25) is 47.9 Å². The lowest BCUT2D eigenvalue weighted by Gasteiger charge is -2.07. The van der Waals surface area contributed by atoms with Gasteiger partial charge in [0.1, 0.15) is 0 Å². The van der Waals surface area contributed by atoms with E-state index < -0.39 is 0 Å². The number of rotatable bonds is 106. The summed E-state index contributed by atoms with van der Waals surface area (Å²) in [5.41, 5.74) is 0. The Bertz CT molecular complexity index is 2350. The third-order valence-corrected chi connectivity index (χ3v) is 24.6. The van der Waals surface area contributed by atoms with Crippen LogP contribution in [0, 0.1) is 0 Å². The Hall–Kier alpha value is -5.38. The molecule has 0 bridgehead atoms. The van der Waals surface area contributed by atoms with Crippen molar-refractivity contribution in [3.05, 3.63) is 0 Å². The summed E-state index contributed by atoms with van der Waals surface area (Å²) in [5.74, 6) is -3.21. The summed E-state index contributed by atoms with van der Waals surface area (Å²) < 4.78 is 52.1. The second-order valence-corrected chi connectivity index (χ2v) is 36.9. The van der Waals surface area contributed by atoms with Gasteiger partial charge >= 0.3 is 59.7 Å². The van der Waals surface area contributed by atoms with Crippen molar-refractivity contribution in [1.82, 2.24) is 0 Å². The molecule has 22 nitrogen and oxygen atoms in total. The molecule has 0 aromatic heterocycles. The molecule has 129 heavy (non-hydrogen) atoms. The first-order valence-corrected chi connectivity index (χ1v) is 54.1. The summed E-state index contributed by atoms with van der Waals surface area (Å²) in [5, 5.41) is 17.7. The summed E-state index contributed by atoms with van der Waals surface area (Å²) >= 11 is 0. The van der Waals surface area contributed by atoms with Gasteiger partial charge in [0.25, 0.3) is 0 Å². The maximum absolute atomic E-state index is 12.2. The van der Waals surface area contributed by atoms with Crippen molar-refractivity contribution >= 4 is 59.7 Å². The summed E-state index contributed by atoms with van der Waals surface area (Å²) in [6.45, 7) is 1.33. The Morgan fingerprint density at radius 1 is 0.109 bits per heavy atom. The normalized spacial score (nSPS) is 11.2. The Kier molecular flexibility index (Phi) is 100. The van der Waals surface area contributed by atoms with E-state index in [4.69, 9.17) is 57.6 Å². The van der Waals surface area contributed by atoms with Crippen molar-refractivity contribution < 1.29 is 106 Å². The number of carbonyl (C=O) groups excluding carboxylic acids is 10. The van der Waals surface area contributed by atoms with Gasteiger partial charge in [0.05, 0.1) is 52.1 Å². The first kappa shape index (κ1) is 124. The van der Waals surface area contributed by atoms with Crippen LogP contribution in [0.15, 0.2) is 0 Å². The van der Waals surface area contributed by atoms with Gasteiger partial charge in [-0.25, -0.2) is 0 Å². The lowest BCUT2D eigenvalue weighted by Crippen LogP contribution is -2.12. The molecule has 0 radical (unpaired) electrons. The van der Waals surface area contributed by atoms with E-state index in [-0.39, 0.29) is 106 Å². The maximum Gasteiger partial charge on any atom is 0.308 e. The quantitative estimate of drug-likeness (QED) is 0.0247. The van der Waals surface area contributed by atoms with Gasteiger partial charge in [-0.15, -0.1) is 0 Å². The van der Waals surface area contributed by atoms with Gasteiger partial charge in [-0.05, 0) is 77.0 Å². The minimum atomic E-state index is -0.341. The number of esters is 10. The Labute approximate surface area is 786 Å². The first-order chi connectivity index (χ1) is 63.4. The fourth-order valence-electron chi connectivity index (χ4n) is 16.3. The average Bonchev–Trinajstić information content (AvgIpc) is 0.995. The lowest BCUT2D eigenvalue weighted by atomic mass is 10.0. The summed E-state index contributed by atoms with van der Waals surface area (Å²) in [6.07, 6.45) is 90.1. The molecule has 0 aliphatic rings. The third-order valence-electron chi connectivity index (χ3n) is 24.6. The molecule has 2 N–H and O–H groups in total. The van der Waals surface area contributed by atoms with Crippen LogP contribution in [0.3, 0.4) is 0 Å². The van der Waals surface area contributed by atoms with Crippen LogP contribution in [0.25, 0.3) is 0 Å². The Balaban J connectivity index is 3.40. The number of aliphatic hydroxyl groups excluding tert-OH is 2. The highest BCUT2D eigenvalue weighted by molar-refractivity contribution is 5.78. The van der Waals surface area contributed by atoms with Crippen LogP contribution < -0.4 is 0 Å². The fourth-order valence-corrected chi connectivity index (χ4v) is 16.3. The van der Waals surface area contributed by atoms with Crippen molar-refractivity contribution in [1.29, 1.82) is 0 Å². The van der Waals surface area contributed by atoms with Gasteiger partial charge in [-0.1, -0.05) is 424 Å². The molecule has 0 rings (SSSR count). The molecule has 0 spiro atoms. The first-order valence-electron chi connectivity index (χ1n) is 54.1. The molecule has 0 unspecified atom stereocenters. The maximum atomic E-state index is 12.2. The molecule has 756 valence electrons. The molecule has 0 aromatic rings. The van der Waals surface area contributed by atoms with E-state index >= 15 is 0 Å². The SMILES string of the molecule is O=C(CCC(=O)OCCCCCCCCCCCCCCCC(=O)OCOC(=O)CCCCCCCCCCCCCCCOC(=O)CCC(=O)OCCCCCCCCCCCCCCCC(=O)OCOC(=O)CCCCCCCCCCCCCCCO)OCCCCCCCCCCCCCCCC(=O)OCOC(=O)CCCCCCCCCCCCCCCO. The molecule has 0 aliphatic heterocycles. The molecule has 0 aromatic carbocycles. The highest BCUT2D eigenvalue weighted by atomic mass is 16.7. The van der Waals surface area contributed by atoms with Crippen LogP contribution >= 0.6 is 0 Å². The number of carbonyl (C=O) groups is 10. The predicted octanol–water partition coefficient (Wildman–Crippen LogP) is 28.6. The van der Waals surface area contributed by atoms with E-state index in [0.717, 1.165) is 231 Å². The largest absolute Gasteiger partial charge is 0.466 e. The third kappa shape index (κ3) is 105. The molecule has 0 amide bonds. The second kappa shape index (κ2) is 105. The Morgan fingerprint density at radius 2 is 0.202 bits per heavy atom. The van der Waals surface area contributed by atoms with E-state index in [1.54, 1.807) is 0 Å². The smallest absolute Gasteiger partial charge is 0.308 e. The number of hydrogen-bond acceptors (Lipinski definition) is 22. The molecule has 0 fully saturated rings. The molecule has 0 saturated carbocycles. The van der Waals surface area contributed by atoms with Crippen molar-refractivity contribution in [3.8, 4) is 0 Å². The highest BCUT2D eigenvalue weighted by Gasteiger charge is 2.15. The molecule has 0 atom stereocenters. The summed E-state index contributed by atoms with van der Waals surface area (Å²) in [4.78, 5) is 121. The zero-order chi connectivity index (χ0) is 93.4. The summed E-state index contributed by atoms with van der Waals surface area (Å²) in [7, 11) is 0. The van der Waals surface area contributed by atoms with Crippen molar-refractivity contribution in [3.63, 3.8) is 0 Å². The van der Waals surface area contributed by atoms with Gasteiger partial charge in [-0.2, -0.15) is 0 Å². The Morgan fingerprint density at radius 3 is 0.318 bits per heavy atom. The zero-order valence-electron chi connectivity index (χ0n) is 82.6. The van der Waals surface area contributed by atoms with Crippen LogP contribution in [0.4, 0.5) is 0 Å². The standard InChI is InChI=1S/C107H196O22/c108-89-73-61-49-37-25-13-1-7-19-31-43-55-67-79-98(110)124-95-126-100(112)81-69-57-45-33-21-9-3-15-27-39-51-63-75-91-120-104(116)85-87-106(118)122-93-77-65-53-41-29-17-5-11-23-35-47-59-71-83-102(114)128-97-129-103(115)84-72-60-48-36-24-12-6-18-30-42-54-66-78-94-123-107(119)88-86-105(117)121-92-76-64-52-40-28-16-4-10-22-34-46-58-70-82-101(113)127-96-125-99(111)80-68-56-44-32-20-8-2-14-26-38-50-62-74-90-109/h108-109H,1-97H2. The van der Waals surface area contributed by atoms with Crippen LogP contribution in [0.2, 0.25) is 0 Å². The van der Waals surface area contributed by atoms with E-state index in [9.17, 15) is 47.9 Å². The highest BCUT2D eigenvalue weighted by Crippen LogP contribution is 2.22. The molecule has 0 aliphatic carbocycles. The lowest BCUT2D eigenvalue weighted by molar-refractivity contribution is -0.169. The van der Waals surface area contributed by atoms with E-state index in [1.165, 1.54) is 270 Å². The predicted molar refractivity (Wildman–Crippen MR) is 515 cm³/mol. The van der Waals surface area contributed by atoms with Gasteiger partial charge in [0, 0.05) is 51.7 Å². The van der Waals surface area contributed by atoms with Gasteiger partial charge in [0.15, 0.2) is 0 Å². The molecule has 22 heteroatoms. The minimum Gasteiger partial charge on any atom is -0.466 e. The van der Waals surface area contributed by atoms with Crippen LogP contribution in [-0.2, 0) is 95.3 Å². The number of unbranched alkanes of at least 4 members (excludes halogenated alkanes) is 72.